The number of nitrogens with one attached hydrogen (secondary N) is 2. The Labute approximate surface area is 176 Å². The Hall–Kier alpha value is -4.40. The maximum absolute atomic E-state index is 12.9. The number of carboxylic acid groups (broad SMARTS) is 1. The number of fused-ring (bicyclic) bond motifs is 1. The molecule has 1 aliphatic heterocycles. The number of aromatic nitrogens is 1. The van der Waals surface area contributed by atoms with Crippen LogP contribution < -0.4 is 21.9 Å². The van der Waals surface area contributed by atoms with Gasteiger partial charge in [-0.2, -0.15) is 0 Å². The number of amides is 2. The van der Waals surface area contributed by atoms with Gasteiger partial charge in [0.25, 0.3) is 17.4 Å². The second-order valence-corrected chi connectivity index (χ2v) is 7.28. The highest BCUT2D eigenvalue weighted by Crippen LogP contribution is 2.32. The van der Waals surface area contributed by atoms with Gasteiger partial charge in [-0.1, -0.05) is 12.1 Å². The Morgan fingerprint density at radius 2 is 1.71 bits per heavy atom. The highest BCUT2D eigenvalue weighted by Gasteiger charge is 2.32. The lowest BCUT2D eigenvalue weighted by Gasteiger charge is -2.19. The Kier molecular flexibility index (Phi) is 4.58. The molecule has 0 unspecified atom stereocenters. The largest absolute Gasteiger partial charge is 0.478 e. The summed E-state index contributed by atoms with van der Waals surface area (Å²) < 4.78 is 1.02. The van der Waals surface area contributed by atoms with Crippen LogP contribution in [0.15, 0.2) is 47.3 Å². The number of carbonyl (C=O) groups is 3. The van der Waals surface area contributed by atoms with E-state index in [0.29, 0.717) is 5.69 Å². The molecule has 9 heteroatoms. The van der Waals surface area contributed by atoms with E-state index < -0.39 is 23.3 Å². The van der Waals surface area contributed by atoms with Crippen LogP contribution in [0.5, 0.6) is 0 Å². The van der Waals surface area contributed by atoms with Crippen LogP contribution in [0.2, 0.25) is 0 Å². The minimum atomic E-state index is -1.21. The van der Waals surface area contributed by atoms with Gasteiger partial charge in [0.1, 0.15) is 5.82 Å². The molecule has 0 radical (unpaired) electrons. The van der Waals surface area contributed by atoms with Crippen molar-refractivity contribution in [3.8, 4) is 5.69 Å². The molecule has 31 heavy (non-hydrogen) atoms. The van der Waals surface area contributed by atoms with Crippen LogP contribution in [0.25, 0.3) is 5.69 Å². The number of benzene rings is 2. The Balaban J connectivity index is 1.99. The molecular formula is C22H18N4O5. The number of nitrogens with zero attached hydrogens (tertiary/aromatic N) is 1. The summed E-state index contributed by atoms with van der Waals surface area (Å²) in [5.41, 5.74) is 7.93. The molecule has 0 saturated carbocycles. The van der Waals surface area contributed by atoms with Crippen LogP contribution in [-0.4, -0.2) is 27.5 Å². The molecule has 0 bridgehead atoms. The topological polar surface area (TPSA) is 144 Å². The van der Waals surface area contributed by atoms with E-state index in [0.717, 1.165) is 21.8 Å². The first-order valence-electron chi connectivity index (χ1n) is 9.30. The molecule has 0 saturated heterocycles. The van der Waals surface area contributed by atoms with Crippen LogP contribution in [0, 0.1) is 13.8 Å². The monoisotopic (exact) mass is 418 g/mol. The van der Waals surface area contributed by atoms with Crippen molar-refractivity contribution in [3.05, 3.63) is 80.6 Å². The van der Waals surface area contributed by atoms with Crippen molar-refractivity contribution in [1.29, 1.82) is 0 Å². The number of nitrogens with two attached hydrogens (primary N) is 1. The van der Waals surface area contributed by atoms with E-state index >= 15 is 0 Å². The van der Waals surface area contributed by atoms with Crippen LogP contribution in [0.4, 0.5) is 17.2 Å². The average molecular weight is 418 g/mol. The number of aryl methyl sites for hydroxylation is 2. The summed E-state index contributed by atoms with van der Waals surface area (Å²) in [5, 5.41) is 14.9. The molecule has 9 nitrogen and oxygen atoms in total. The van der Waals surface area contributed by atoms with Crippen LogP contribution in [-0.2, 0) is 0 Å². The smallest absolute Gasteiger partial charge is 0.337 e. The predicted octanol–water partition coefficient (Wildman–Crippen LogP) is 2.36. The van der Waals surface area contributed by atoms with Gasteiger partial charge in [0.2, 0.25) is 0 Å². The first-order valence-corrected chi connectivity index (χ1v) is 9.30. The molecule has 2 aromatic carbocycles. The highest BCUT2D eigenvalue weighted by molar-refractivity contribution is 6.23. The average Bonchev–Trinajstić information content (AvgIpc) is 2.95. The van der Waals surface area contributed by atoms with Crippen molar-refractivity contribution in [2.75, 3.05) is 11.1 Å². The fraction of sp³-hybridized carbons (Fsp3) is 0.0909. The van der Waals surface area contributed by atoms with E-state index in [1.807, 2.05) is 32.0 Å². The number of anilines is 3. The number of nitrogen functional groups attached to an aromatic ring is 1. The fourth-order valence-electron chi connectivity index (χ4n) is 3.76. The van der Waals surface area contributed by atoms with Crippen molar-refractivity contribution in [1.82, 2.24) is 9.88 Å². The number of rotatable bonds is 4. The number of para-hydroxylation sites is 1. The molecule has 156 valence electrons. The van der Waals surface area contributed by atoms with Crippen molar-refractivity contribution < 1.29 is 19.5 Å². The second-order valence-electron chi connectivity index (χ2n) is 7.28. The van der Waals surface area contributed by atoms with Gasteiger partial charge < -0.3 is 16.2 Å². The number of hydrogen-bond acceptors (Lipinski definition) is 6. The van der Waals surface area contributed by atoms with Gasteiger partial charge in [0, 0.05) is 11.8 Å². The summed E-state index contributed by atoms with van der Waals surface area (Å²) in [6, 6.07) is 11.0. The molecule has 0 aliphatic carbocycles. The summed E-state index contributed by atoms with van der Waals surface area (Å²) in [7, 11) is 0. The van der Waals surface area contributed by atoms with Gasteiger partial charge in [0.15, 0.2) is 0 Å². The van der Waals surface area contributed by atoms with Gasteiger partial charge in [-0.05, 0) is 49.2 Å². The van der Waals surface area contributed by atoms with Crippen molar-refractivity contribution >= 4 is 35.0 Å². The predicted molar refractivity (Wildman–Crippen MR) is 114 cm³/mol. The van der Waals surface area contributed by atoms with Crippen LogP contribution >= 0.6 is 0 Å². The third-order valence-electron chi connectivity index (χ3n) is 4.96. The highest BCUT2D eigenvalue weighted by atomic mass is 16.4. The zero-order chi connectivity index (χ0) is 22.4. The van der Waals surface area contributed by atoms with E-state index in [4.69, 9.17) is 5.73 Å². The second kappa shape index (κ2) is 7.13. The van der Waals surface area contributed by atoms with Crippen molar-refractivity contribution in [2.45, 2.75) is 13.8 Å². The maximum atomic E-state index is 12.9. The summed E-state index contributed by atoms with van der Waals surface area (Å²) in [6.07, 6.45) is 0. The van der Waals surface area contributed by atoms with Gasteiger partial charge in [-0.15, -0.1) is 0 Å². The summed E-state index contributed by atoms with van der Waals surface area (Å²) in [5.74, 6) is -2.89. The number of pyridine rings is 1. The zero-order valence-corrected chi connectivity index (χ0v) is 16.6. The number of imide groups is 1. The summed E-state index contributed by atoms with van der Waals surface area (Å²) >= 11 is 0. The van der Waals surface area contributed by atoms with Crippen LogP contribution in [0.3, 0.4) is 0 Å². The fourth-order valence-corrected chi connectivity index (χ4v) is 3.76. The minimum Gasteiger partial charge on any atom is -0.478 e. The summed E-state index contributed by atoms with van der Waals surface area (Å²) in [6.45, 7) is 3.81. The standard InChI is InChI=1S/C22H18N4O5/c1-10-6-11(2)8-12(7-10)24-18-13(22(30)31)4-3-5-15(18)26-16(27)9-14-17(19(26)23)21(29)25-20(14)28/h3-9,24H,23H2,1-2H3,(H,30,31)(H,25,28,29). The van der Waals surface area contributed by atoms with E-state index in [-0.39, 0.29) is 33.9 Å². The number of hydrogen-bond donors (Lipinski definition) is 4. The molecular weight excluding hydrogens is 400 g/mol. The molecule has 3 aromatic rings. The SMILES string of the molecule is Cc1cc(C)cc(Nc2c(C(=O)O)cccc2-n2c(N)c3c(cc2=O)C(=O)NC3=O)c1. The first kappa shape index (κ1) is 19.9. The third kappa shape index (κ3) is 3.31. The number of carboxylic acids is 1. The maximum Gasteiger partial charge on any atom is 0.337 e. The molecule has 2 heterocycles. The zero-order valence-electron chi connectivity index (χ0n) is 16.6. The molecule has 1 aromatic heterocycles. The Bertz CT molecular complexity index is 1340. The van der Waals surface area contributed by atoms with E-state index in [1.165, 1.54) is 18.2 Å². The molecule has 0 spiro atoms. The lowest BCUT2D eigenvalue weighted by atomic mass is 10.1. The van der Waals surface area contributed by atoms with Crippen LogP contribution in [0.1, 0.15) is 42.2 Å². The Morgan fingerprint density at radius 1 is 1.03 bits per heavy atom. The Morgan fingerprint density at radius 3 is 2.35 bits per heavy atom. The third-order valence-corrected chi connectivity index (χ3v) is 4.96. The van der Waals surface area contributed by atoms with Crippen molar-refractivity contribution in [3.63, 3.8) is 0 Å². The summed E-state index contributed by atoms with van der Waals surface area (Å²) in [4.78, 5) is 48.9. The van der Waals surface area contributed by atoms with Gasteiger partial charge in [-0.25, -0.2) is 4.79 Å². The first-order chi connectivity index (χ1) is 14.7. The van der Waals surface area contributed by atoms with E-state index in [1.54, 1.807) is 0 Å². The van der Waals surface area contributed by atoms with Gasteiger partial charge >= 0.3 is 5.97 Å². The van der Waals surface area contributed by atoms with E-state index in [9.17, 15) is 24.3 Å². The van der Waals surface area contributed by atoms with Gasteiger partial charge in [-0.3, -0.25) is 24.3 Å². The van der Waals surface area contributed by atoms with Crippen molar-refractivity contribution in [2.24, 2.45) is 0 Å². The molecule has 0 atom stereocenters. The molecule has 2 amide bonds. The number of aromatic carboxylic acids is 1. The molecule has 4 rings (SSSR count). The lowest BCUT2D eigenvalue weighted by molar-refractivity contribution is 0.0697. The van der Waals surface area contributed by atoms with Gasteiger partial charge in [0.05, 0.1) is 28.1 Å². The quantitative estimate of drug-likeness (QED) is 0.476. The molecule has 0 fully saturated rings. The molecule has 5 N–H and O–H groups in total. The minimum absolute atomic E-state index is 0.0935. The molecule has 1 aliphatic rings. The lowest BCUT2D eigenvalue weighted by Crippen LogP contribution is -2.25. The number of carbonyl (C=O) groups excluding carboxylic acids is 2. The normalized spacial score (nSPS) is 12.5. The van der Waals surface area contributed by atoms with E-state index in [2.05, 4.69) is 10.6 Å².